The van der Waals surface area contributed by atoms with Gasteiger partial charge in [0, 0.05) is 0 Å². The van der Waals surface area contributed by atoms with Crippen LogP contribution in [-0.2, 0) is 6.42 Å². The van der Waals surface area contributed by atoms with Crippen LogP contribution in [0.25, 0.3) is 5.57 Å². The van der Waals surface area contributed by atoms with Crippen LogP contribution in [-0.4, -0.2) is 0 Å². The minimum Gasteiger partial charge on any atom is -0.0839 e. The van der Waals surface area contributed by atoms with E-state index in [1.54, 1.807) is 16.7 Å². The molecule has 0 amide bonds. The molecule has 2 aliphatic carbocycles. The van der Waals surface area contributed by atoms with Crippen molar-refractivity contribution < 1.29 is 0 Å². The summed E-state index contributed by atoms with van der Waals surface area (Å²) in [6, 6.07) is 6.69. The summed E-state index contributed by atoms with van der Waals surface area (Å²) in [4.78, 5) is 0. The molecule has 14 heavy (non-hydrogen) atoms. The lowest BCUT2D eigenvalue weighted by Gasteiger charge is -2.08. The van der Waals surface area contributed by atoms with E-state index in [-0.39, 0.29) is 0 Å². The van der Waals surface area contributed by atoms with Crippen molar-refractivity contribution in [1.82, 2.24) is 0 Å². The third kappa shape index (κ3) is 1.00. The van der Waals surface area contributed by atoms with E-state index in [0.29, 0.717) is 0 Å². The van der Waals surface area contributed by atoms with Crippen molar-refractivity contribution >= 4 is 5.57 Å². The van der Waals surface area contributed by atoms with Crippen molar-refractivity contribution in [3.05, 3.63) is 52.6 Å². The van der Waals surface area contributed by atoms with Crippen molar-refractivity contribution in [2.75, 3.05) is 0 Å². The average molecular weight is 182 g/mol. The molecule has 1 aromatic carbocycles. The molecule has 0 unspecified atom stereocenters. The molecule has 0 bridgehead atoms. The second kappa shape index (κ2) is 2.84. The SMILES string of the molecule is Cc1cccc2c1CC1=C2CCC=C1. The molecule has 2 aliphatic rings. The van der Waals surface area contributed by atoms with Gasteiger partial charge in [0.05, 0.1) is 0 Å². The average Bonchev–Trinajstić information content (AvgIpc) is 2.59. The van der Waals surface area contributed by atoms with Gasteiger partial charge in [-0.05, 0) is 54.0 Å². The highest BCUT2D eigenvalue weighted by Gasteiger charge is 2.21. The maximum absolute atomic E-state index is 2.32. The summed E-state index contributed by atoms with van der Waals surface area (Å²) in [6.07, 6.45) is 8.24. The molecule has 70 valence electrons. The highest BCUT2D eigenvalue weighted by atomic mass is 14.3. The fourth-order valence-electron chi connectivity index (χ4n) is 2.60. The quantitative estimate of drug-likeness (QED) is 0.574. The van der Waals surface area contributed by atoms with Crippen molar-refractivity contribution in [3.63, 3.8) is 0 Å². The molecule has 0 radical (unpaired) electrons. The molecule has 0 aromatic heterocycles. The zero-order chi connectivity index (χ0) is 9.54. The summed E-state index contributed by atoms with van der Waals surface area (Å²) in [5.74, 6) is 0. The predicted octanol–water partition coefficient (Wildman–Crippen LogP) is 3.65. The summed E-state index contributed by atoms with van der Waals surface area (Å²) in [5, 5.41) is 0. The third-order valence-corrected chi connectivity index (χ3v) is 3.37. The number of benzene rings is 1. The summed E-state index contributed by atoms with van der Waals surface area (Å²) in [7, 11) is 0. The van der Waals surface area contributed by atoms with Crippen LogP contribution in [0.5, 0.6) is 0 Å². The number of allylic oxidation sites excluding steroid dienone is 4. The predicted molar refractivity (Wildman–Crippen MR) is 60.2 cm³/mol. The van der Waals surface area contributed by atoms with Gasteiger partial charge in [-0.25, -0.2) is 0 Å². The lowest BCUT2D eigenvalue weighted by molar-refractivity contribution is 1.04. The van der Waals surface area contributed by atoms with E-state index in [2.05, 4.69) is 37.3 Å². The number of fused-ring (bicyclic) bond motifs is 2. The number of aryl methyl sites for hydroxylation is 1. The summed E-state index contributed by atoms with van der Waals surface area (Å²) >= 11 is 0. The highest BCUT2D eigenvalue weighted by molar-refractivity contribution is 5.80. The second-order valence-corrected chi connectivity index (χ2v) is 4.22. The first-order valence-electron chi connectivity index (χ1n) is 5.33. The van der Waals surface area contributed by atoms with Crippen LogP contribution in [0.4, 0.5) is 0 Å². The minimum absolute atomic E-state index is 1.16. The van der Waals surface area contributed by atoms with E-state index in [0.717, 1.165) is 6.42 Å². The maximum atomic E-state index is 2.32. The van der Waals surface area contributed by atoms with Gasteiger partial charge in [0.15, 0.2) is 0 Å². The molecule has 0 nitrogen and oxygen atoms in total. The monoisotopic (exact) mass is 182 g/mol. The van der Waals surface area contributed by atoms with Gasteiger partial charge < -0.3 is 0 Å². The summed E-state index contributed by atoms with van der Waals surface area (Å²) < 4.78 is 0. The van der Waals surface area contributed by atoms with Gasteiger partial charge in [0.1, 0.15) is 0 Å². The third-order valence-electron chi connectivity index (χ3n) is 3.37. The highest BCUT2D eigenvalue weighted by Crippen LogP contribution is 2.39. The van der Waals surface area contributed by atoms with Crippen molar-refractivity contribution in [2.24, 2.45) is 0 Å². The Hall–Kier alpha value is -1.30. The molecule has 0 fully saturated rings. The molecule has 0 N–H and O–H groups in total. The van der Waals surface area contributed by atoms with Gasteiger partial charge in [-0.2, -0.15) is 0 Å². The first kappa shape index (κ1) is 8.05. The zero-order valence-electron chi connectivity index (χ0n) is 8.51. The molecule has 3 rings (SSSR count). The van der Waals surface area contributed by atoms with Crippen LogP contribution in [0.15, 0.2) is 35.9 Å². The second-order valence-electron chi connectivity index (χ2n) is 4.22. The largest absolute Gasteiger partial charge is 0.0839 e. The van der Waals surface area contributed by atoms with Gasteiger partial charge in [-0.1, -0.05) is 30.4 Å². The first-order valence-corrected chi connectivity index (χ1v) is 5.33. The van der Waals surface area contributed by atoms with Gasteiger partial charge in [0.25, 0.3) is 0 Å². The number of rotatable bonds is 0. The van der Waals surface area contributed by atoms with Crippen LogP contribution >= 0.6 is 0 Å². The standard InChI is InChI=1S/C14H14/c1-10-5-4-8-13-12-7-3-2-6-11(12)9-14(10)13/h2,4-6,8H,3,7,9H2,1H3. The molecule has 0 aliphatic heterocycles. The molecule has 0 heterocycles. The molecule has 0 heteroatoms. The Bertz CT molecular complexity index is 447. The van der Waals surface area contributed by atoms with Gasteiger partial charge in [-0.3, -0.25) is 0 Å². The van der Waals surface area contributed by atoms with Gasteiger partial charge >= 0.3 is 0 Å². The first-order chi connectivity index (χ1) is 6.86. The Balaban J connectivity index is 2.19. The number of hydrogen-bond acceptors (Lipinski definition) is 0. The summed E-state index contributed by atoms with van der Waals surface area (Å²) in [5.41, 5.74) is 7.69. The van der Waals surface area contributed by atoms with Crippen LogP contribution in [0.1, 0.15) is 29.5 Å². The lowest BCUT2D eigenvalue weighted by Crippen LogP contribution is -1.88. The van der Waals surface area contributed by atoms with E-state index in [1.165, 1.54) is 24.0 Å². The van der Waals surface area contributed by atoms with Crippen LogP contribution < -0.4 is 0 Å². The molecule has 0 atom stereocenters. The van der Waals surface area contributed by atoms with E-state index < -0.39 is 0 Å². The number of hydrogen-bond donors (Lipinski definition) is 0. The van der Waals surface area contributed by atoms with E-state index in [4.69, 9.17) is 0 Å². The topological polar surface area (TPSA) is 0 Å². The van der Waals surface area contributed by atoms with Gasteiger partial charge in [0.2, 0.25) is 0 Å². The molecular formula is C14H14. The Kier molecular flexibility index (Phi) is 1.63. The van der Waals surface area contributed by atoms with Crippen LogP contribution in [0, 0.1) is 6.92 Å². The Morgan fingerprint density at radius 2 is 2.14 bits per heavy atom. The minimum atomic E-state index is 1.16. The Labute approximate surface area is 85.0 Å². The molecular weight excluding hydrogens is 168 g/mol. The fourth-order valence-corrected chi connectivity index (χ4v) is 2.60. The van der Waals surface area contributed by atoms with Crippen molar-refractivity contribution in [1.29, 1.82) is 0 Å². The van der Waals surface area contributed by atoms with Gasteiger partial charge in [-0.15, -0.1) is 0 Å². The normalized spacial score (nSPS) is 18.4. The van der Waals surface area contributed by atoms with E-state index in [1.807, 2.05) is 0 Å². The van der Waals surface area contributed by atoms with E-state index >= 15 is 0 Å². The van der Waals surface area contributed by atoms with Crippen LogP contribution in [0.3, 0.4) is 0 Å². The molecule has 0 saturated carbocycles. The Morgan fingerprint density at radius 3 is 3.07 bits per heavy atom. The summed E-state index contributed by atoms with van der Waals surface area (Å²) in [6.45, 7) is 2.22. The smallest absolute Gasteiger partial charge is 0.00143 e. The molecule has 1 aromatic rings. The lowest BCUT2D eigenvalue weighted by atomic mass is 9.96. The van der Waals surface area contributed by atoms with Crippen molar-refractivity contribution in [3.8, 4) is 0 Å². The maximum Gasteiger partial charge on any atom is -0.00143 e. The van der Waals surface area contributed by atoms with E-state index in [9.17, 15) is 0 Å². The van der Waals surface area contributed by atoms with Crippen LogP contribution in [0.2, 0.25) is 0 Å². The Morgan fingerprint density at radius 1 is 1.21 bits per heavy atom. The fraction of sp³-hybridized carbons (Fsp3) is 0.286. The molecule has 0 spiro atoms. The zero-order valence-corrected chi connectivity index (χ0v) is 8.51. The van der Waals surface area contributed by atoms with Crippen molar-refractivity contribution in [2.45, 2.75) is 26.2 Å². The molecule has 0 saturated heterocycles.